The van der Waals surface area contributed by atoms with Gasteiger partial charge in [0, 0.05) is 41.6 Å². The van der Waals surface area contributed by atoms with Crippen LogP contribution in [0.5, 0.6) is 0 Å². The van der Waals surface area contributed by atoms with Gasteiger partial charge in [0.05, 0.1) is 23.1 Å². The largest absolute Gasteiger partial charge is 0.372 e. The van der Waals surface area contributed by atoms with E-state index in [1.54, 1.807) is 0 Å². The van der Waals surface area contributed by atoms with E-state index in [2.05, 4.69) is 38.9 Å². The summed E-state index contributed by atoms with van der Waals surface area (Å²) in [5.41, 5.74) is 7.10. The van der Waals surface area contributed by atoms with Crippen LogP contribution in [0.2, 0.25) is 0 Å². The van der Waals surface area contributed by atoms with E-state index in [0.717, 1.165) is 71.0 Å². The van der Waals surface area contributed by atoms with E-state index in [1.807, 2.05) is 55.1 Å². The van der Waals surface area contributed by atoms with Gasteiger partial charge in [0.2, 0.25) is 0 Å². The Balaban J connectivity index is 1.64. The fourth-order valence-corrected chi connectivity index (χ4v) is 4.54. The molecule has 3 N–H and O–H groups in total. The Bertz CT molecular complexity index is 1250. The van der Waals surface area contributed by atoms with Crippen molar-refractivity contribution in [1.29, 1.82) is 5.41 Å². The Hall–Kier alpha value is -3.58. The molecule has 0 saturated carbocycles. The highest BCUT2D eigenvalue weighted by Gasteiger charge is 2.26. The van der Waals surface area contributed by atoms with Crippen molar-refractivity contribution in [2.24, 2.45) is 0 Å². The van der Waals surface area contributed by atoms with Crippen molar-refractivity contribution < 1.29 is 0 Å². The van der Waals surface area contributed by atoms with E-state index in [4.69, 9.17) is 10.4 Å². The lowest BCUT2D eigenvalue weighted by Crippen LogP contribution is -2.28. The summed E-state index contributed by atoms with van der Waals surface area (Å²) >= 11 is 0. The molecule has 1 saturated heterocycles. The van der Waals surface area contributed by atoms with Gasteiger partial charge in [0.1, 0.15) is 5.82 Å². The van der Waals surface area contributed by atoms with Gasteiger partial charge in [0.25, 0.3) is 0 Å². The number of hydrogen-bond acceptors (Lipinski definition) is 6. The van der Waals surface area contributed by atoms with Crippen LogP contribution in [0, 0.1) is 5.41 Å². The Labute approximate surface area is 187 Å². The molecule has 1 aliphatic heterocycles. The molecule has 0 spiro atoms. The first-order valence-electron chi connectivity index (χ1n) is 11.0. The number of benzene rings is 1. The average molecular weight is 426 g/mol. The molecule has 1 aromatic carbocycles. The van der Waals surface area contributed by atoms with Crippen LogP contribution in [0.25, 0.3) is 28.0 Å². The molecule has 1 aliphatic rings. The van der Waals surface area contributed by atoms with Gasteiger partial charge in [-0.1, -0.05) is 36.4 Å². The molecule has 0 amide bonds. The molecule has 4 heterocycles. The highest BCUT2D eigenvalue weighted by molar-refractivity contribution is 6.02. The quantitative estimate of drug-likeness (QED) is 0.414. The number of hydrogen-bond donors (Lipinski definition) is 3. The van der Waals surface area contributed by atoms with Crippen LogP contribution in [0.3, 0.4) is 0 Å². The zero-order chi connectivity index (χ0) is 22.1. The molecular formula is C25H27N7. The van der Waals surface area contributed by atoms with E-state index >= 15 is 0 Å². The van der Waals surface area contributed by atoms with Gasteiger partial charge in [-0.2, -0.15) is 9.61 Å². The van der Waals surface area contributed by atoms with Crippen LogP contribution in [0.15, 0.2) is 54.9 Å². The van der Waals surface area contributed by atoms with Gasteiger partial charge in [-0.25, -0.2) is 4.98 Å². The highest BCUT2D eigenvalue weighted by atomic mass is 15.3. The minimum absolute atomic E-state index is 0.324. The van der Waals surface area contributed by atoms with Gasteiger partial charge in [-0.3, -0.25) is 4.98 Å². The van der Waals surface area contributed by atoms with Gasteiger partial charge < -0.3 is 16.0 Å². The van der Waals surface area contributed by atoms with E-state index in [0.29, 0.717) is 11.6 Å². The normalized spacial score (nSPS) is 14.6. The monoisotopic (exact) mass is 425 g/mol. The number of nitrogens with zero attached hydrogens (tertiary/aromatic N) is 4. The number of pyridine rings is 1. The summed E-state index contributed by atoms with van der Waals surface area (Å²) in [6, 6.07) is 14.3. The second-order valence-corrected chi connectivity index (χ2v) is 8.21. The van der Waals surface area contributed by atoms with Crippen molar-refractivity contribution >= 4 is 17.2 Å². The number of fused-ring (bicyclic) bond motifs is 1. The predicted octanol–water partition coefficient (Wildman–Crippen LogP) is 4.35. The lowest BCUT2D eigenvalue weighted by molar-refractivity contribution is 0.453. The Morgan fingerprint density at radius 2 is 1.84 bits per heavy atom. The molecule has 0 bridgehead atoms. The van der Waals surface area contributed by atoms with Gasteiger partial charge in [0.15, 0.2) is 5.65 Å². The minimum Gasteiger partial charge on any atom is -0.372 e. The van der Waals surface area contributed by atoms with Gasteiger partial charge in [-0.05, 0) is 38.9 Å². The molecule has 3 aromatic heterocycles. The molecule has 4 aromatic rings. The van der Waals surface area contributed by atoms with Crippen molar-refractivity contribution in [1.82, 2.24) is 24.9 Å². The molecule has 1 fully saturated rings. The summed E-state index contributed by atoms with van der Waals surface area (Å²) in [6.07, 6.45) is 5.77. The molecular weight excluding hydrogens is 398 g/mol. The van der Waals surface area contributed by atoms with Crippen LogP contribution in [0.1, 0.15) is 36.9 Å². The van der Waals surface area contributed by atoms with E-state index < -0.39 is 0 Å². The molecule has 0 radical (unpaired) electrons. The molecule has 0 aliphatic carbocycles. The van der Waals surface area contributed by atoms with E-state index in [1.165, 1.54) is 0 Å². The van der Waals surface area contributed by atoms with Crippen molar-refractivity contribution in [2.45, 2.75) is 25.7 Å². The maximum absolute atomic E-state index is 8.44. The Morgan fingerprint density at radius 3 is 2.50 bits per heavy atom. The smallest absolute Gasteiger partial charge is 0.165 e. The zero-order valence-electron chi connectivity index (χ0n) is 18.4. The molecule has 0 atom stereocenters. The lowest BCUT2D eigenvalue weighted by Gasteiger charge is -2.25. The molecule has 7 heteroatoms. The molecule has 32 heavy (non-hydrogen) atoms. The van der Waals surface area contributed by atoms with Crippen LogP contribution in [-0.4, -0.2) is 45.4 Å². The number of piperidine rings is 1. The average Bonchev–Trinajstić information content (AvgIpc) is 3.28. The molecule has 7 nitrogen and oxygen atoms in total. The summed E-state index contributed by atoms with van der Waals surface area (Å²) in [5.74, 6) is 1.14. The highest BCUT2D eigenvalue weighted by Crippen LogP contribution is 2.34. The maximum Gasteiger partial charge on any atom is 0.165 e. The predicted molar refractivity (Wildman–Crippen MR) is 129 cm³/mol. The second kappa shape index (κ2) is 8.51. The number of nitrogens with one attached hydrogen (secondary N) is 3. The summed E-state index contributed by atoms with van der Waals surface area (Å²) in [5, 5.41) is 19.8. The third kappa shape index (κ3) is 3.54. The first-order chi connectivity index (χ1) is 15.7. The van der Waals surface area contributed by atoms with E-state index in [9.17, 15) is 0 Å². The Morgan fingerprint density at radius 1 is 1.06 bits per heavy atom. The van der Waals surface area contributed by atoms with E-state index in [-0.39, 0.29) is 0 Å². The van der Waals surface area contributed by atoms with Crippen molar-refractivity contribution in [2.75, 3.05) is 25.5 Å². The standard InChI is InChI=1S/C25H27N7/c1-16(26)22-23(18-10-12-28-13-11-18)31-24-20(15-30-32(24)25(22)27-2)19-8-9-21(29-14-19)17-6-4-3-5-7-17/h3-9,14-15,18,26-28H,10-13H2,1-2H3. The third-order valence-electron chi connectivity index (χ3n) is 6.16. The lowest BCUT2D eigenvalue weighted by atomic mass is 9.90. The molecule has 0 unspecified atom stereocenters. The topological polar surface area (TPSA) is 91.0 Å². The van der Waals surface area contributed by atoms with Crippen molar-refractivity contribution in [3.05, 3.63) is 66.1 Å². The van der Waals surface area contributed by atoms with Crippen LogP contribution in [0.4, 0.5) is 5.82 Å². The van der Waals surface area contributed by atoms with Crippen LogP contribution < -0.4 is 10.6 Å². The van der Waals surface area contributed by atoms with Crippen molar-refractivity contribution in [3.8, 4) is 22.4 Å². The van der Waals surface area contributed by atoms with Crippen LogP contribution in [-0.2, 0) is 0 Å². The Kier molecular flexibility index (Phi) is 5.41. The third-order valence-corrected chi connectivity index (χ3v) is 6.16. The SMILES string of the molecule is CNc1c(C(C)=N)c(C2CCNCC2)nc2c(-c3ccc(-c4ccccc4)nc3)cnn12. The summed E-state index contributed by atoms with van der Waals surface area (Å²) < 4.78 is 1.82. The fourth-order valence-electron chi connectivity index (χ4n) is 4.54. The van der Waals surface area contributed by atoms with Gasteiger partial charge >= 0.3 is 0 Å². The summed E-state index contributed by atoms with van der Waals surface area (Å²) in [7, 11) is 1.88. The fraction of sp³-hybridized carbons (Fsp3) is 0.280. The second-order valence-electron chi connectivity index (χ2n) is 8.21. The first kappa shape index (κ1) is 20.3. The van der Waals surface area contributed by atoms with Crippen molar-refractivity contribution in [3.63, 3.8) is 0 Å². The minimum atomic E-state index is 0.324. The summed E-state index contributed by atoms with van der Waals surface area (Å²) in [6.45, 7) is 3.77. The number of rotatable bonds is 5. The number of anilines is 1. The van der Waals surface area contributed by atoms with Crippen LogP contribution >= 0.6 is 0 Å². The summed E-state index contributed by atoms with van der Waals surface area (Å²) in [4.78, 5) is 9.80. The molecule has 162 valence electrons. The number of aromatic nitrogens is 4. The van der Waals surface area contributed by atoms with Gasteiger partial charge in [-0.15, -0.1) is 0 Å². The molecule has 5 rings (SSSR count). The maximum atomic E-state index is 8.44. The zero-order valence-corrected chi connectivity index (χ0v) is 18.4. The first-order valence-corrected chi connectivity index (χ1v) is 11.0.